The molecule has 1 heterocycles. The second-order valence-corrected chi connectivity index (χ2v) is 3.32. The number of hydrogen-bond donors (Lipinski definition) is 1. The normalized spacial score (nSPS) is 20.8. The smallest absolute Gasteiger partial charge is 0.0954 e. The van der Waals surface area contributed by atoms with E-state index in [2.05, 4.69) is 14.8 Å². The summed E-state index contributed by atoms with van der Waals surface area (Å²) in [7, 11) is 1.83. The first-order valence-electron chi connectivity index (χ1n) is 4.79. The van der Waals surface area contributed by atoms with E-state index in [1.54, 1.807) is 0 Å². The zero-order valence-corrected chi connectivity index (χ0v) is 8.53. The van der Waals surface area contributed by atoms with Crippen molar-refractivity contribution in [1.82, 2.24) is 9.80 Å². The Bertz CT molecular complexity index is 174. The average Bonchev–Trinajstić information content (AvgIpc) is 2.18. The topological polar surface area (TPSA) is 39.1 Å². The standard InChI is InChI=1S/C9H19N3O/c1-9(10-2)12-5-3-11(4-6-12)7-8-13/h13H,3-8H2,1-2H3. The van der Waals surface area contributed by atoms with Crippen LogP contribution in [0.4, 0.5) is 0 Å². The molecule has 4 heteroatoms. The number of aliphatic hydroxyl groups is 1. The lowest BCUT2D eigenvalue weighted by Gasteiger charge is -2.35. The van der Waals surface area contributed by atoms with Crippen molar-refractivity contribution in [3.8, 4) is 0 Å². The molecule has 4 nitrogen and oxygen atoms in total. The SMILES string of the molecule is CN=C(C)N1CCN(CCO)CC1. The van der Waals surface area contributed by atoms with Crippen molar-refractivity contribution in [3.63, 3.8) is 0 Å². The number of piperazine rings is 1. The van der Waals surface area contributed by atoms with Crippen molar-refractivity contribution in [2.45, 2.75) is 6.92 Å². The molecular weight excluding hydrogens is 166 g/mol. The Balaban J connectivity index is 2.30. The molecule has 0 aliphatic carbocycles. The van der Waals surface area contributed by atoms with Gasteiger partial charge in [-0.05, 0) is 6.92 Å². The molecular formula is C9H19N3O. The third kappa shape index (κ3) is 2.97. The van der Waals surface area contributed by atoms with Gasteiger partial charge in [-0.1, -0.05) is 0 Å². The summed E-state index contributed by atoms with van der Waals surface area (Å²) in [6.45, 7) is 7.24. The van der Waals surface area contributed by atoms with Crippen LogP contribution in [-0.2, 0) is 0 Å². The molecule has 1 aliphatic heterocycles. The van der Waals surface area contributed by atoms with Crippen LogP contribution in [0.15, 0.2) is 4.99 Å². The van der Waals surface area contributed by atoms with E-state index in [4.69, 9.17) is 5.11 Å². The maximum Gasteiger partial charge on any atom is 0.0954 e. The van der Waals surface area contributed by atoms with Gasteiger partial charge in [-0.3, -0.25) is 9.89 Å². The molecule has 1 rings (SSSR count). The molecule has 1 fully saturated rings. The van der Waals surface area contributed by atoms with E-state index >= 15 is 0 Å². The molecule has 0 aromatic carbocycles. The van der Waals surface area contributed by atoms with Crippen molar-refractivity contribution in [2.24, 2.45) is 4.99 Å². The number of β-amino-alcohol motifs (C(OH)–C–C–N with tert-alkyl or cyclic N) is 1. The van der Waals surface area contributed by atoms with E-state index in [1.807, 2.05) is 14.0 Å². The lowest BCUT2D eigenvalue weighted by atomic mass is 10.3. The number of amidine groups is 1. The molecule has 0 aromatic rings. The molecule has 0 spiro atoms. The van der Waals surface area contributed by atoms with Gasteiger partial charge in [0.25, 0.3) is 0 Å². The second kappa shape index (κ2) is 5.19. The minimum atomic E-state index is 0.265. The van der Waals surface area contributed by atoms with Crippen LogP contribution >= 0.6 is 0 Å². The summed E-state index contributed by atoms with van der Waals surface area (Å²) >= 11 is 0. The van der Waals surface area contributed by atoms with Gasteiger partial charge >= 0.3 is 0 Å². The number of aliphatic hydroxyl groups excluding tert-OH is 1. The zero-order valence-electron chi connectivity index (χ0n) is 8.53. The molecule has 0 unspecified atom stereocenters. The molecule has 1 saturated heterocycles. The molecule has 13 heavy (non-hydrogen) atoms. The van der Waals surface area contributed by atoms with Crippen molar-refractivity contribution in [2.75, 3.05) is 46.4 Å². The molecule has 0 radical (unpaired) electrons. The van der Waals surface area contributed by atoms with Gasteiger partial charge in [0.1, 0.15) is 0 Å². The van der Waals surface area contributed by atoms with Crippen molar-refractivity contribution < 1.29 is 5.11 Å². The Kier molecular flexibility index (Phi) is 4.18. The molecule has 0 amide bonds. The van der Waals surface area contributed by atoms with Gasteiger partial charge in [-0.15, -0.1) is 0 Å². The molecule has 0 atom stereocenters. The van der Waals surface area contributed by atoms with Crippen LogP contribution < -0.4 is 0 Å². The highest BCUT2D eigenvalue weighted by molar-refractivity contribution is 5.79. The van der Waals surface area contributed by atoms with E-state index in [9.17, 15) is 0 Å². The highest BCUT2D eigenvalue weighted by Crippen LogP contribution is 2.01. The Labute approximate surface area is 79.9 Å². The number of nitrogens with zero attached hydrogens (tertiary/aromatic N) is 3. The summed E-state index contributed by atoms with van der Waals surface area (Å²) in [5.74, 6) is 1.11. The summed E-state index contributed by atoms with van der Waals surface area (Å²) < 4.78 is 0. The highest BCUT2D eigenvalue weighted by Gasteiger charge is 2.16. The average molecular weight is 185 g/mol. The van der Waals surface area contributed by atoms with E-state index in [-0.39, 0.29) is 6.61 Å². The van der Waals surface area contributed by atoms with Crippen LogP contribution in [0.2, 0.25) is 0 Å². The number of aliphatic imine (C=N–C) groups is 1. The van der Waals surface area contributed by atoms with E-state index < -0.39 is 0 Å². The summed E-state index contributed by atoms with van der Waals surface area (Å²) in [5, 5.41) is 8.76. The van der Waals surface area contributed by atoms with Crippen LogP contribution in [-0.4, -0.2) is 67.1 Å². The number of rotatable bonds is 2. The van der Waals surface area contributed by atoms with Crippen molar-refractivity contribution in [1.29, 1.82) is 0 Å². The molecule has 76 valence electrons. The minimum Gasteiger partial charge on any atom is -0.395 e. The van der Waals surface area contributed by atoms with E-state index in [0.29, 0.717) is 0 Å². The van der Waals surface area contributed by atoms with Crippen molar-refractivity contribution in [3.05, 3.63) is 0 Å². The summed E-state index contributed by atoms with van der Waals surface area (Å²) in [6, 6.07) is 0. The Hall–Kier alpha value is -0.610. The third-order valence-corrected chi connectivity index (χ3v) is 2.57. The van der Waals surface area contributed by atoms with Crippen LogP contribution in [0.3, 0.4) is 0 Å². The highest BCUT2D eigenvalue weighted by atomic mass is 16.3. The first kappa shape index (κ1) is 10.5. The maximum absolute atomic E-state index is 8.76. The fraction of sp³-hybridized carbons (Fsp3) is 0.889. The summed E-state index contributed by atoms with van der Waals surface area (Å²) in [4.78, 5) is 8.72. The molecule has 1 aliphatic rings. The zero-order chi connectivity index (χ0) is 9.68. The van der Waals surface area contributed by atoms with Gasteiger partial charge in [0.15, 0.2) is 0 Å². The predicted octanol–water partition coefficient (Wildman–Crippen LogP) is -0.355. The second-order valence-electron chi connectivity index (χ2n) is 3.32. The summed E-state index contributed by atoms with van der Waals surface area (Å²) in [6.07, 6.45) is 0. The maximum atomic E-state index is 8.76. The van der Waals surface area contributed by atoms with Gasteiger partial charge in [-0.2, -0.15) is 0 Å². The lowest BCUT2D eigenvalue weighted by Crippen LogP contribution is -2.48. The van der Waals surface area contributed by atoms with Gasteiger partial charge in [-0.25, -0.2) is 0 Å². The number of hydrogen-bond acceptors (Lipinski definition) is 3. The van der Waals surface area contributed by atoms with Crippen molar-refractivity contribution >= 4 is 5.84 Å². The molecule has 1 N–H and O–H groups in total. The monoisotopic (exact) mass is 185 g/mol. The molecule has 0 bridgehead atoms. The van der Waals surface area contributed by atoms with Crippen LogP contribution in [0.5, 0.6) is 0 Å². The summed E-state index contributed by atoms with van der Waals surface area (Å²) in [5.41, 5.74) is 0. The minimum absolute atomic E-state index is 0.265. The predicted molar refractivity (Wildman–Crippen MR) is 54.1 cm³/mol. The van der Waals surface area contributed by atoms with E-state index in [1.165, 1.54) is 0 Å². The van der Waals surface area contributed by atoms with Gasteiger partial charge < -0.3 is 10.0 Å². The fourth-order valence-corrected chi connectivity index (χ4v) is 1.58. The quantitative estimate of drug-likeness (QED) is 0.472. The first-order valence-corrected chi connectivity index (χ1v) is 4.79. The Morgan fingerprint density at radius 1 is 1.31 bits per heavy atom. The molecule has 0 aromatic heterocycles. The third-order valence-electron chi connectivity index (χ3n) is 2.57. The fourth-order valence-electron chi connectivity index (χ4n) is 1.58. The van der Waals surface area contributed by atoms with Gasteiger partial charge in [0, 0.05) is 39.8 Å². The molecule has 0 saturated carbocycles. The van der Waals surface area contributed by atoms with Crippen LogP contribution in [0.25, 0.3) is 0 Å². The first-order chi connectivity index (χ1) is 6.27. The van der Waals surface area contributed by atoms with Gasteiger partial charge in [0.2, 0.25) is 0 Å². The van der Waals surface area contributed by atoms with Crippen LogP contribution in [0, 0.1) is 0 Å². The van der Waals surface area contributed by atoms with E-state index in [0.717, 1.165) is 38.6 Å². The Morgan fingerprint density at radius 2 is 1.92 bits per heavy atom. The lowest BCUT2D eigenvalue weighted by molar-refractivity contribution is 0.147. The Morgan fingerprint density at radius 3 is 2.38 bits per heavy atom. The largest absolute Gasteiger partial charge is 0.395 e. The van der Waals surface area contributed by atoms with Gasteiger partial charge in [0.05, 0.1) is 12.4 Å². The van der Waals surface area contributed by atoms with Crippen LogP contribution in [0.1, 0.15) is 6.92 Å².